The van der Waals surface area contributed by atoms with Crippen molar-refractivity contribution in [3.63, 3.8) is 0 Å². The molecular weight excluding hydrogens is 721 g/mol. The number of carbonyl (C=O) groups excluding carboxylic acids is 2. The molecule has 1 atom stereocenters. The Hall–Kier alpha value is -3.37. The molecule has 0 bridgehead atoms. The van der Waals surface area contributed by atoms with Crippen molar-refractivity contribution in [2.24, 2.45) is 0 Å². The van der Waals surface area contributed by atoms with Crippen molar-refractivity contribution in [1.29, 1.82) is 0 Å². The van der Waals surface area contributed by atoms with Crippen LogP contribution in [0.15, 0.2) is 106 Å². The predicted molar refractivity (Wildman–Crippen MR) is 191 cm³/mol. The van der Waals surface area contributed by atoms with Crippen molar-refractivity contribution < 1.29 is 18.0 Å². The molecule has 0 radical (unpaired) electrons. The highest BCUT2D eigenvalue weighted by Crippen LogP contribution is 2.30. The van der Waals surface area contributed by atoms with Crippen molar-refractivity contribution in [2.45, 2.75) is 62.6 Å². The zero-order chi connectivity index (χ0) is 33.6. The van der Waals surface area contributed by atoms with Gasteiger partial charge in [0.15, 0.2) is 0 Å². The Morgan fingerprint density at radius 1 is 0.872 bits per heavy atom. The summed E-state index contributed by atoms with van der Waals surface area (Å²) in [6.45, 7) is 1.20. The number of benzene rings is 4. The fourth-order valence-corrected chi connectivity index (χ4v) is 7.94. The van der Waals surface area contributed by atoms with E-state index in [4.69, 9.17) is 23.2 Å². The molecule has 0 heterocycles. The van der Waals surface area contributed by atoms with E-state index in [0.29, 0.717) is 21.3 Å². The van der Waals surface area contributed by atoms with E-state index in [1.807, 2.05) is 37.3 Å². The quantitative estimate of drug-likeness (QED) is 0.159. The lowest BCUT2D eigenvalue weighted by Gasteiger charge is -2.34. The molecule has 2 amide bonds. The average molecular weight is 758 g/mol. The Labute approximate surface area is 295 Å². The first-order valence-corrected chi connectivity index (χ1v) is 18.4. The van der Waals surface area contributed by atoms with Crippen LogP contribution in [0.2, 0.25) is 10.0 Å². The fourth-order valence-electron chi connectivity index (χ4n) is 5.75. The van der Waals surface area contributed by atoms with E-state index in [-0.39, 0.29) is 29.8 Å². The number of hydrogen-bond donors (Lipinski definition) is 1. The minimum absolute atomic E-state index is 0.00260. The van der Waals surface area contributed by atoms with E-state index >= 15 is 0 Å². The van der Waals surface area contributed by atoms with Crippen LogP contribution in [-0.2, 0) is 32.6 Å². The molecule has 0 saturated heterocycles. The normalized spacial score (nSPS) is 14.0. The minimum Gasteiger partial charge on any atom is -0.352 e. The van der Waals surface area contributed by atoms with Crippen LogP contribution >= 0.6 is 39.1 Å². The summed E-state index contributed by atoms with van der Waals surface area (Å²) in [5.74, 6) is -0.893. The topological polar surface area (TPSA) is 86.8 Å². The maximum atomic E-state index is 14.7. The Morgan fingerprint density at radius 2 is 1.49 bits per heavy atom. The molecule has 0 unspecified atom stereocenters. The van der Waals surface area contributed by atoms with Crippen LogP contribution in [0.1, 0.15) is 42.4 Å². The van der Waals surface area contributed by atoms with E-state index in [1.165, 1.54) is 17.0 Å². The lowest BCUT2D eigenvalue weighted by molar-refractivity contribution is -0.140. The maximum absolute atomic E-state index is 14.7. The molecule has 1 aliphatic carbocycles. The summed E-state index contributed by atoms with van der Waals surface area (Å²) in [6.07, 6.45) is 3.97. The van der Waals surface area contributed by atoms with Crippen molar-refractivity contribution >= 4 is 66.7 Å². The minimum atomic E-state index is -4.21. The summed E-state index contributed by atoms with van der Waals surface area (Å²) in [5.41, 5.74) is 2.51. The zero-order valence-electron chi connectivity index (χ0n) is 25.9. The van der Waals surface area contributed by atoms with Gasteiger partial charge in [-0.3, -0.25) is 13.9 Å². The molecule has 47 heavy (non-hydrogen) atoms. The second-order valence-electron chi connectivity index (χ2n) is 11.7. The number of sulfonamides is 1. The van der Waals surface area contributed by atoms with Crippen LogP contribution in [0.25, 0.3) is 0 Å². The molecule has 0 aromatic heterocycles. The van der Waals surface area contributed by atoms with Gasteiger partial charge in [0.25, 0.3) is 10.0 Å². The molecule has 246 valence electrons. The maximum Gasteiger partial charge on any atom is 0.264 e. The van der Waals surface area contributed by atoms with Gasteiger partial charge in [0.05, 0.1) is 10.6 Å². The number of aryl methyl sites for hydroxylation is 1. The second-order valence-corrected chi connectivity index (χ2v) is 15.3. The number of rotatable bonds is 12. The van der Waals surface area contributed by atoms with Crippen molar-refractivity contribution in [3.05, 3.63) is 128 Å². The molecule has 4 aromatic rings. The molecule has 1 saturated carbocycles. The molecular formula is C36H36BrCl2N3O4S. The number of anilines is 1. The Balaban J connectivity index is 1.59. The third-order valence-corrected chi connectivity index (χ3v) is 11.4. The summed E-state index contributed by atoms with van der Waals surface area (Å²) in [7, 11) is -4.21. The summed E-state index contributed by atoms with van der Waals surface area (Å²) in [5, 5.41) is 3.84. The SMILES string of the molecule is Cc1ccc(S(=O)(=O)N(CC(=O)N(Cc2c(Cl)cccc2Cl)[C@@H](Cc2ccccc2)C(=O)NC2CCCC2)c2ccc(Br)cc2)cc1. The van der Waals surface area contributed by atoms with Gasteiger partial charge in [-0.2, -0.15) is 0 Å². The largest absolute Gasteiger partial charge is 0.352 e. The van der Waals surface area contributed by atoms with Gasteiger partial charge in [0.1, 0.15) is 12.6 Å². The van der Waals surface area contributed by atoms with Crippen molar-refractivity contribution in [1.82, 2.24) is 10.2 Å². The van der Waals surface area contributed by atoms with Gasteiger partial charge in [-0.15, -0.1) is 0 Å². The van der Waals surface area contributed by atoms with Crippen LogP contribution in [-0.4, -0.2) is 43.8 Å². The number of nitrogens with one attached hydrogen (secondary N) is 1. The van der Waals surface area contributed by atoms with Crippen molar-refractivity contribution in [2.75, 3.05) is 10.8 Å². The van der Waals surface area contributed by atoms with E-state index in [9.17, 15) is 18.0 Å². The standard InChI is InChI=1S/C36H36BrCl2N3O4S/c1-25-14-20-30(21-15-25)47(45,46)42(29-18-16-27(37)17-19-29)24-35(43)41(23-31-32(38)12-7-13-33(31)39)34(22-26-8-3-2-4-9-26)36(44)40-28-10-5-6-11-28/h2-4,7-9,12-21,28,34H,5-6,10-11,22-24H2,1H3,(H,40,44)/t34-/m0/s1. The average Bonchev–Trinajstić information content (AvgIpc) is 3.57. The molecule has 0 aliphatic heterocycles. The molecule has 5 rings (SSSR count). The molecule has 4 aromatic carbocycles. The highest BCUT2D eigenvalue weighted by Gasteiger charge is 2.36. The Morgan fingerprint density at radius 3 is 2.11 bits per heavy atom. The van der Waals surface area contributed by atoms with E-state index in [0.717, 1.165) is 45.6 Å². The highest BCUT2D eigenvalue weighted by atomic mass is 79.9. The zero-order valence-corrected chi connectivity index (χ0v) is 29.8. The smallest absolute Gasteiger partial charge is 0.264 e. The Bertz CT molecular complexity index is 1780. The Kier molecular flexibility index (Phi) is 11.7. The molecule has 7 nitrogen and oxygen atoms in total. The highest BCUT2D eigenvalue weighted by molar-refractivity contribution is 9.10. The molecule has 1 N–H and O–H groups in total. The van der Waals surface area contributed by atoms with Crippen LogP contribution in [0.3, 0.4) is 0 Å². The third kappa shape index (κ3) is 8.76. The number of nitrogens with zero attached hydrogens (tertiary/aromatic N) is 2. The summed E-state index contributed by atoms with van der Waals surface area (Å²) >= 11 is 16.6. The number of hydrogen-bond acceptors (Lipinski definition) is 4. The van der Waals surface area contributed by atoms with Gasteiger partial charge >= 0.3 is 0 Å². The summed E-state index contributed by atoms with van der Waals surface area (Å²) in [4.78, 5) is 30.3. The summed E-state index contributed by atoms with van der Waals surface area (Å²) < 4.78 is 30.2. The predicted octanol–water partition coefficient (Wildman–Crippen LogP) is 7.96. The van der Waals surface area contributed by atoms with E-state index in [2.05, 4.69) is 21.2 Å². The lowest BCUT2D eigenvalue weighted by atomic mass is 10.0. The molecule has 0 spiro atoms. The van der Waals surface area contributed by atoms with Gasteiger partial charge in [-0.05, 0) is 73.9 Å². The monoisotopic (exact) mass is 755 g/mol. The first-order valence-electron chi connectivity index (χ1n) is 15.4. The molecule has 1 fully saturated rings. The molecule has 1 aliphatic rings. The van der Waals surface area contributed by atoms with Crippen LogP contribution < -0.4 is 9.62 Å². The number of carbonyl (C=O) groups is 2. The van der Waals surface area contributed by atoms with Gasteiger partial charge in [0, 0.05) is 39.1 Å². The third-order valence-electron chi connectivity index (χ3n) is 8.37. The van der Waals surface area contributed by atoms with Gasteiger partial charge in [0.2, 0.25) is 11.8 Å². The van der Waals surface area contributed by atoms with Crippen molar-refractivity contribution in [3.8, 4) is 0 Å². The second kappa shape index (κ2) is 15.7. The summed E-state index contributed by atoms with van der Waals surface area (Å²) in [6, 6.07) is 26.7. The van der Waals surface area contributed by atoms with Crippen LogP contribution in [0, 0.1) is 6.92 Å². The number of amides is 2. The number of halogens is 3. The van der Waals surface area contributed by atoms with Gasteiger partial charge in [-0.1, -0.05) is 106 Å². The van der Waals surface area contributed by atoms with Gasteiger partial charge < -0.3 is 10.2 Å². The van der Waals surface area contributed by atoms with Crippen LogP contribution in [0.4, 0.5) is 5.69 Å². The lowest BCUT2D eigenvalue weighted by Crippen LogP contribution is -2.54. The fraction of sp³-hybridized carbons (Fsp3) is 0.278. The van der Waals surface area contributed by atoms with E-state index < -0.39 is 28.5 Å². The van der Waals surface area contributed by atoms with E-state index in [1.54, 1.807) is 54.6 Å². The first-order chi connectivity index (χ1) is 22.5. The molecule has 11 heteroatoms. The van der Waals surface area contributed by atoms with Gasteiger partial charge in [-0.25, -0.2) is 8.42 Å². The first kappa shape index (κ1) is 35.0. The van der Waals surface area contributed by atoms with Crippen LogP contribution in [0.5, 0.6) is 0 Å².